The molecular formula is C10H11BrN2O4. The van der Waals surface area contributed by atoms with E-state index in [4.69, 9.17) is 5.11 Å². The number of carboxylic acids is 1. The topological polar surface area (TPSA) is 99.3 Å². The van der Waals surface area contributed by atoms with E-state index in [0.29, 0.717) is 10.2 Å². The van der Waals surface area contributed by atoms with Crippen LogP contribution in [0.3, 0.4) is 0 Å². The van der Waals surface area contributed by atoms with Crippen LogP contribution in [0.15, 0.2) is 15.3 Å². The first-order chi connectivity index (χ1) is 7.82. The number of aromatic nitrogens is 1. The Labute approximate surface area is 105 Å². The highest BCUT2D eigenvalue weighted by molar-refractivity contribution is 9.10. The molecule has 1 amide bonds. The maximum atomic E-state index is 11.6. The third-order valence-electron chi connectivity index (χ3n) is 2.14. The third kappa shape index (κ3) is 3.16. The van der Waals surface area contributed by atoms with E-state index < -0.39 is 23.5 Å². The smallest absolute Gasteiger partial charge is 0.325 e. The van der Waals surface area contributed by atoms with Crippen molar-refractivity contribution < 1.29 is 14.7 Å². The lowest BCUT2D eigenvalue weighted by molar-refractivity contribution is -0.138. The first-order valence-corrected chi connectivity index (χ1v) is 5.55. The van der Waals surface area contributed by atoms with Gasteiger partial charge in [0.05, 0.1) is 0 Å². The summed E-state index contributed by atoms with van der Waals surface area (Å²) in [5, 5.41) is 10.8. The van der Waals surface area contributed by atoms with Crippen molar-refractivity contribution in [1.82, 2.24) is 10.3 Å². The predicted molar refractivity (Wildman–Crippen MR) is 64.1 cm³/mol. The largest absolute Gasteiger partial charge is 0.480 e. The number of carbonyl (C=O) groups excluding carboxylic acids is 1. The molecule has 1 atom stereocenters. The summed E-state index contributed by atoms with van der Waals surface area (Å²) in [6.07, 6.45) is 0. The van der Waals surface area contributed by atoms with E-state index in [1.165, 1.54) is 13.0 Å². The minimum Gasteiger partial charge on any atom is -0.480 e. The second kappa shape index (κ2) is 5.13. The number of pyridine rings is 1. The van der Waals surface area contributed by atoms with E-state index >= 15 is 0 Å². The van der Waals surface area contributed by atoms with Gasteiger partial charge in [-0.3, -0.25) is 14.4 Å². The monoisotopic (exact) mass is 302 g/mol. The van der Waals surface area contributed by atoms with Crippen molar-refractivity contribution in [2.24, 2.45) is 0 Å². The SMILES string of the molecule is Cc1[nH]c(=O)c(C(=O)N[C@H](C)C(=O)O)cc1Br. The van der Waals surface area contributed by atoms with E-state index in [2.05, 4.69) is 26.2 Å². The van der Waals surface area contributed by atoms with Crippen LogP contribution in [0.5, 0.6) is 0 Å². The number of amides is 1. The minimum absolute atomic E-state index is 0.129. The Morgan fingerprint density at radius 2 is 2.12 bits per heavy atom. The molecule has 0 unspecified atom stereocenters. The van der Waals surface area contributed by atoms with Crippen LogP contribution < -0.4 is 10.9 Å². The summed E-state index contributed by atoms with van der Waals surface area (Å²) in [6.45, 7) is 2.99. The van der Waals surface area contributed by atoms with Crippen LogP contribution in [0, 0.1) is 6.92 Å². The van der Waals surface area contributed by atoms with E-state index in [9.17, 15) is 14.4 Å². The molecule has 1 rings (SSSR count). The van der Waals surface area contributed by atoms with Gasteiger partial charge < -0.3 is 15.4 Å². The molecule has 0 aliphatic rings. The molecule has 7 heteroatoms. The summed E-state index contributed by atoms with van der Waals surface area (Å²) < 4.78 is 0.574. The van der Waals surface area contributed by atoms with E-state index in [1.54, 1.807) is 6.92 Å². The van der Waals surface area contributed by atoms with Gasteiger partial charge in [0.1, 0.15) is 11.6 Å². The zero-order valence-electron chi connectivity index (χ0n) is 9.20. The van der Waals surface area contributed by atoms with Crippen LogP contribution in [0.25, 0.3) is 0 Å². The molecule has 1 heterocycles. The van der Waals surface area contributed by atoms with Gasteiger partial charge in [0, 0.05) is 10.2 Å². The van der Waals surface area contributed by atoms with Gasteiger partial charge in [-0.2, -0.15) is 0 Å². The summed E-state index contributed by atoms with van der Waals surface area (Å²) in [5.41, 5.74) is -0.0887. The fourth-order valence-electron chi connectivity index (χ4n) is 1.10. The molecule has 0 saturated carbocycles. The fraction of sp³-hybridized carbons (Fsp3) is 0.300. The predicted octanol–water partition coefficient (Wildman–Crippen LogP) is 0.649. The van der Waals surface area contributed by atoms with Crippen molar-refractivity contribution in [3.8, 4) is 0 Å². The van der Waals surface area contributed by atoms with Crippen molar-refractivity contribution in [3.63, 3.8) is 0 Å². The van der Waals surface area contributed by atoms with Gasteiger partial charge in [-0.25, -0.2) is 0 Å². The molecule has 3 N–H and O–H groups in total. The first-order valence-electron chi connectivity index (χ1n) is 4.76. The number of H-pyrrole nitrogens is 1. The van der Waals surface area contributed by atoms with Gasteiger partial charge in [0.25, 0.3) is 11.5 Å². The Kier molecular flexibility index (Phi) is 4.06. The molecule has 1 aromatic heterocycles. The number of carbonyl (C=O) groups is 2. The Morgan fingerprint density at radius 1 is 1.53 bits per heavy atom. The number of aryl methyl sites for hydroxylation is 1. The van der Waals surface area contributed by atoms with Crippen molar-refractivity contribution in [2.45, 2.75) is 19.9 Å². The van der Waals surface area contributed by atoms with E-state index in [1.807, 2.05) is 0 Å². The zero-order valence-corrected chi connectivity index (χ0v) is 10.8. The van der Waals surface area contributed by atoms with E-state index in [0.717, 1.165) is 0 Å². The Balaban J connectivity index is 3.01. The Morgan fingerprint density at radius 3 is 2.65 bits per heavy atom. The number of halogens is 1. The number of aromatic amines is 1. The third-order valence-corrected chi connectivity index (χ3v) is 2.96. The molecule has 0 bridgehead atoms. The second-order valence-corrected chi connectivity index (χ2v) is 4.37. The van der Waals surface area contributed by atoms with Crippen LogP contribution >= 0.6 is 15.9 Å². The lowest BCUT2D eigenvalue weighted by atomic mass is 10.2. The summed E-state index contributed by atoms with van der Waals surface area (Å²) >= 11 is 3.18. The van der Waals surface area contributed by atoms with Gasteiger partial charge >= 0.3 is 5.97 Å². The highest BCUT2D eigenvalue weighted by atomic mass is 79.9. The van der Waals surface area contributed by atoms with Crippen molar-refractivity contribution in [2.75, 3.05) is 0 Å². The number of carboxylic acid groups (broad SMARTS) is 1. The maximum Gasteiger partial charge on any atom is 0.325 e. The fourth-order valence-corrected chi connectivity index (χ4v) is 1.43. The number of aliphatic carboxylic acids is 1. The standard InChI is InChI=1S/C10H11BrN2O4/c1-4-7(11)3-6(8(14)12-4)9(15)13-5(2)10(16)17/h3,5H,1-2H3,(H,12,14)(H,13,15)(H,16,17)/t5-/m1/s1. The zero-order chi connectivity index (χ0) is 13.2. The Bertz CT molecular complexity index is 524. The number of rotatable bonds is 3. The molecular weight excluding hydrogens is 292 g/mol. The van der Waals surface area contributed by atoms with Gasteiger partial charge in [0.2, 0.25) is 0 Å². The molecule has 0 spiro atoms. The molecule has 1 aromatic rings. The molecule has 0 aromatic carbocycles. The molecule has 92 valence electrons. The molecule has 0 fully saturated rings. The molecule has 0 aliphatic carbocycles. The Hall–Kier alpha value is -1.63. The summed E-state index contributed by atoms with van der Waals surface area (Å²) in [6, 6.07) is 0.305. The van der Waals surface area contributed by atoms with Crippen molar-refractivity contribution in [1.29, 1.82) is 0 Å². The summed E-state index contributed by atoms with van der Waals surface area (Å²) in [5.74, 6) is -1.89. The van der Waals surface area contributed by atoms with Gasteiger partial charge in [-0.05, 0) is 35.8 Å². The maximum absolute atomic E-state index is 11.6. The average Bonchev–Trinajstić information content (AvgIpc) is 2.22. The van der Waals surface area contributed by atoms with Gasteiger partial charge in [-0.1, -0.05) is 0 Å². The molecule has 0 radical (unpaired) electrons. The number of hydrogen-bond acceptors (Lipinski definition) is 3. The lowest BCUT2D eigenvalue weighted by Crippen LogP contribution is -2.40. The second-order valence-electron chi connectivity index (χ2n) is 3.52. The molecule has 0 aliphatic heterocycles. The van der Waals surface area contributed by atoms with Gasteiger partial charge in [0.15, 0.2) is 0 Å². The van der Waals surface area contributed by atoms with Crippen molar-refractivity contribution in [3.05, 3.63) is 32.2 Å². The highest BCUT2D eigenvalue weighted by Gasteiger charge is 2.18. The lowest BCUT2D eigenvalue weighted by Gasteiger charge is -2.09. The van der Waals surface area contributed by atoms with Gasteiger partial charge in [-0.15, -0.1) is 0 Å². The summed E-state index contributed by atoms with van der Waals surface area (Å²) in [7, 11) is 0. The van der Waals surface area contributed by atoms with Crippen molar-refractivity contribution >= 4 is 27.8 Å². The highest BCUT2D eigenvalue weighted by Crippen LogP contribution is 2.12. The van der Waals surface area contributed by atoms with Crippen LogP contribution in [0.1, 0.15) is 23.0 Å². The van der Waals surface area contributed by atoms with Crippen LogP contribution in [-0.2, 0) is 4.79 Å². The summed E-state index contributed by atoms with van der Waals surface area (Å²) in [4.78, 5) is 36.2. The van der Waals surface area contributed by atoms with E-state index in [-0.39, 0.29) is 5.56 Å². The molecule has 6 nitrogen and oxygen atoms in total. The van der Waals surface area contributed by atoms with Crippen LogP contribution in [0.2, 0.25) is 0 Å². The average molecular weight is 303 g/mol. The number of hydrogen-bond donors (Lipinski definition) is 3. The minimum atomic E-state index is -1.17. The van der Waals surface area contributed by atoms with Crippen LogP contribution in [0.4, 0.5) is 0 Å². The molecule has 17 heavy (non-hydrogen) atoms. The quantitative estimate of drug-likeness (QED) is 0.763. The first kappa shape index (κ1) is 13.4. The van der Waals surface area contributed by atoms with Crippen LogP contribution in [-0.4, -0.2) is 28.0 Å². The molecule has 0 saturated heterocycles. The number of nitrogens with one attached hydrogen (secondary N) is 2. The normalized spacial score (nSPS) is 11.9.